The Morgan fingerprint density at radius 2 is 1.30 bits per heavy atom. The van der Waals surface area contributed by atoms with Gasteiger partial charge in [0, 0.05) is 57.7 Å². The first-order valence-electron chi connectivity index (χ1n) is 15.7. The number of fused-ring (bicyclic) bond motifs is 13. The van der Waals surface area contributed by atoms with E-state index in [-0.39, 0.29) is 0 Å². The minimum Gasteiger partial charge on any atom is -0.309 e. The van der Waals surface area contributed by atoms with Crippen LogP contribution in [0.15, 0.2) is 122 Å². The summed E-state index contributed by atoms with van der Waals surface area (Å²) in [6.07, 6.45) is 8.11. The van der Waals surface area contributed by atoms with Gasteiger partial charge in [-0.1, -0.05) is 91.5 Å². The monoisotopic (exact) mass is 638 g/mol. The van der Waals surface area contributed by atoms with Crippen molar-refractivity contribution in [3.8, 4) is 11.5 Å². The van der Waals surface area contributed by atoms with Gasteiger partial charge in [0.05, 0.1) is 32.5 Å². The first kappa shape index (κ1) is 26.6. The lowest BCUT2D eigenvalue weighted by Crippen LogP contribution is -1.98. The van der Waals surface area contributed by atoms with Gasteiger partial charge in [0.25, 0.3) is 0 Å². The Morgan fingerprint density at radius 3 is 2.02 bits per heavy atom. The Hall–Kier alpha value is -5.56. The Morgan fingerprint density at radius 1 is 0.638 bits per heavy atom. The van der Waals surface area contributed by atoms with Crippen LogP contribution in [0.4, 0.5) is 0 Å². The third-order valence-corrected chi connectivity index (χ3v) is 11.7. The highest BCUT2D eigenvalue weighted by Crippen LogP contribution is 2.52. The first-order chi connectivity index (χ1) is 23.3. The Labute approximate surface area is 277 Å². The number of allylic oxidation sites excluding steroid dienone is 1. The predicted molar refractivity (Wildman–Crippen MR) is 204 cm³/mol. The molecule has 0 radical (unpaired) electrons. The predicted octanol–water partition coefficient (Wildman–Crippen LogP) is 11.9. The topological polar surface area (TPSA) is 35.6 Å². The summed E-state index contributed by atoms with van der Waals surface area (Å²) in [5.41, 5.74) is 7.85. The van der Waals surface area contributed by atoms with Crippen molar-refractivity contribution in [3.63, 3.8) is 0 Å². The molecule has 5 heterocycles. The van der Waals surface area contributed by atoms with Crippen molar-refractivity contribution in [2.75, 3.05) is 0 Å². The molecule has 0 aliphatic carbocycles. The van der Waals surface area contributed by atoms with E-state index < -0.39 is 0 Å². The Bertz CT molecular complexity index is 2880. The molecular weight excluding hydrogens is 613 g/mol. The lowest BCUT2D eigenvalue weighted by Gasteiger charge is -2.10. The molecule has 0 fully saturated rings. The smallest absolute Gasteiger partial charge is 0.159 e. The fraction of sp³-hybridized carbons (Fsp3) is 0.0244. The summed E-state index contributed by atoms with van der Waals surface area (Å²) in [7, 11) is 0. The molecule has 0 amide bonds. The quantitative estimate of drug-likeness (QED) is 0.192. The standard InChI is InChI=1S/C41H26N4S2/c1-3-14-29-25(4-2)33-37(44(29)24-15-6-5-7-16-24)34-28-19-10-13-22-32(28)46-38(34)35-36-40(47-39(33)35)41(43-23-42-36)45-30-20-11-8-17-26(30)27-18-9-12-21-31(27)45/h3-23H,2H2,1H3/b14-3-. The van der Waals surface area contributed by atoms with Gasteiger partial charge in [0.15, 0.2) is 5.82 Å². The number of nitrogens with zero attached hydrogens (tertiary/aromatic N) is 4. The molecule has 0 bridgehead atoms. The van der Waals surface area contributed by atoms with E-state index in [1.165, 1.54) is 51.9 Å². The number of aromatic nitrogens is 4. The lowest BCUT2D eigenvalue weighted by atomic mass is 10.0. The molecule has 47 heavy (non-hydrogen) atoms. The first-order valence-corrected chi connectivity index (χ1v) is 17.3. The van der Waals surface area contributed by atoms with Gasteiger partial charge in [-0.25, -0.2) is 9.97 Å². The highest BCUT2D eigenvalue weighted by molar-refractivity contribution is 7.30. The van der Waals surface area contributed by atoms with Gasteiger partial charge < -0.3 is 4.57 Å². The van der Waals surface area contributed by atoms with Crippen molar-refractivity contribution in [1.82, 2.24) is 19.1 Å². The third kappa shape index (κ3) is 3.51. The van der Waals surface area contributed by atoms with E-state index in [2.05, 4.69) is 138 Å². The van der Waals surface area contributed by atoms with E-state index in [9.17, 15) is 0 Å². The maximum Gasteiger partial charge on any atom is 0.159 e. The van der Waals surface area contributed by atoms with Crippen LogP contribution in [0.1, 0.15) is 18.2 Å². The van der Waals surface area contributed by atoms with Gasteiger partial charge in [-0.3, -0.25) is 4.57 Å². The van der Waals surface area contributed by atoms with Gasteiger partial charge in [-0.2, -0.15) is 0 Å². The van der Waals surface area contributed by atoms with Crippen LogP contribution in [0.3, 0.4) is 0 Å². The molecule has 10 aromatic rings. The van der Waals surface area contributed by atoms with Crippen molar-refractivity contribution in [1.29, 1.82) is 0 Å². The fourth-order valence-electron chi connectivity index (χ4n) is 7.50. The minimum atomic E-state index is 0.910. The SMILES string of the molecule is C=Cc1c(/C=C\C)n(-c2ccccc2)c2c1c1sc3c(-n4c5ccccc5c5ccccc54)ncnc3c1c1sc3ccccc3c12. The summed E-state index contributed by atoms with van der Waals surface area (Å²) in [6.45, 7) is 6.46. The van der Waals surface area contributed by atoms with Crippen LogP contribution in [0.2, 0.25) is 0 Å². The average molecular weight is 639 g/mol. The molecule has 4 nitrogen and oxygen atoms in total. The molecule has 0 N–H and O–H groups in total. The van der Waals surface area contributed by atoms with Crippen LogP contribution >= 0.6 is 22.7 Å². The van der Waals surface area contributed by atoms with E-state index >= 15 is 0 Å². The largest absolute Gasteiger partial charge is 0.309 e. The zero-order valence-corrected chi connectivity index (χ0v) is 27.1. The minimum absolute atomic E-state index is 0.910. The van der Waals surface area contributed by atoms with Crippen molar-refractivity contribution in [2.45, 2.75) is 6.92 Å². The van der Waals surface area contributed by atoms with Gasteiger partial charge in [0.1, 0.15) is 6.33 Å². The molecule has 0 atom stereocenters. The van der Waals surface area contributed by atoms with Crippen molar-refractivity contribution >= 4 is 108 Å². The lowest BCUT2D eigenvalue weighted by molar-refractivity contribution is 1.08. The summed E-state index contributed by atoms with van der Waals surface area (Å²) < 4.78 is 9.56. The molecule has 0 saturated heterocycles. The number of hydrogen-bond acceptors (Lipinski definition) is 4. The van der Waals surface area contributed by atoms with Gasteiger partial charge in [0.2, 0.25) is 0 Å². The summed E-state index contributed by atoms with van der Waals surface area (Å²) in [5, 5.41) is 7.35. The number of rotatable bonds is 4. The molecule has 0 unspecified atom stereocenters. The Kier molecular flexibility index (Phi) is 5.65. The second kappa shape index (κ2) is 9.97. The number of thiophene rings is 2. The molecule has 5 aromatic carbocycles. The van der Waals surface area contributed by atoms with E-state index in [1.807, 2.05) is 17.4 Å². The molecule has 222 valence electrons. The molecule has 0 aliphatic rings. The van der Waals surface area contributed by atoms with Crippen LogP contribution in [-0.2, 0) is 0 Å². The third-order valence-electron chi connectivity index (χ3n) is 9.32. The second-order valence-electron chi connectivity index (χ2n) is 11.8. The number of benzene rings is 5. The van der Waals surface area contributed by atoms with Gasteiger partial charge in [-0.15, -0.1) is 22.7 Å². The van der Waals surface area contributed by atoms with E-state index in [1.54, 1.807) is 17.7 Å². The van der Waals surface area contributed by atoms with E-state index in [4.69, 9.17) is 9.97 Å². The molecule has 0 saturated carbocycles. The van der Waals surface area contributed by atoms with Gasteiger partial charge >= 0.3 is 0 Å². The molecule has 10 rings (SSSR count). The molecule has 0 aliphatic heterocycles. The fourth-order valence-corrected chi connectivity index (χ4v) is 10.1. The maximum absolute atomic E-state index is 5.05. The van der Waals surface area contributed by atoms with E-state index in [0.717, 1.165) is 44.0 Å². The van der Waals surface area contributed by atoms with Crippen molar-refractivity contribution < 1.29 is 0 Å². The van der Waals surface area contributed by atoms with Crippen molar-refractivity contribution in [2.24, 2.45) is 0 Å². The maximum atomic E-state index is 5.05. The summed E-state index contributed by atoms with van der Waals surface area (Å²) >= 11 is 3.65. The summed E-state index contributed by atoms with van der Waals surface area (Å²) in [6, 6.07) is 36.7. The average Bonchev–Trinajstić information content (AvgIpc) is 3.86. The zero-order valence-electron chi connectivity index (χ0n) is 25.4. The highest BCUT2D eigenvalue weighted by atomic mass is 32.1. The van der Waals surface area contributed by atoms with Crippen molar-refractivity contribution in [3.05, 3.63) is 133 Å². The molecule has 6 heteroatoms. The summed E-state index contributed by atoms with van der Waals surface area (Å²) in [4.78, 5) is 10.1. The Balaban J connectivity index is 1.47. The number of para-hydroxylation sites is 3. The van der Waals surface area contributed by atoms with Crippen LogP contribution < -0.4 is 0 Å². The van der Waals surface area contributed by atoms with Crippen LogP contribution in [-0.4, -0.2) is 19.1 Å². The summed E-state index contributed by atoms with van der Waals surface area (Å²) in [5.74, 6) is 0.910. The molecule has 0 spiro atoms. The van der Waals surface area contributed by atoms with Crippen LogP contribution in [0.25, 0.3) is 96.8 Å². The highest BCUT2D eigenvalue weighted by Gasteiger charge is 2.27. The number of hydrogen-bond donors (Lipinski definition) is 0. The van der Waals surface area contributed by atoms with Gasteiger partial charge in [-0.05, 0) is 43.3 Å². The van der Waals surface area contributed by atoms with Crippen LogP contribution in [0.5, 0.6) is 0 Å². The van der Waals surface area contributed by atoms with E-state index in [0.29, 0.717) is 0 Å². The van der Waals surface area contributed by atoms with Crippen LogP contribution in [0, 0.1) is 0 Å². The zero-order chi connectivity index (χ0) is 31.2. The molecule has 5 aromatic heterocycles. The second-order valence-corrected chi connectivity index (χ2v) is 13.8. The molecular formula is C41H26N4S2. The normalized spacial score (nSPS) is 12.4.